The molecule has 1 heterocycles. The SMILES string of the molecule is CC(C)(C)OC(=O)NCC(NC(=O)OC(C)(C)C)c1c[nH]c2ccc(Br)cc12. The summed E-state index contributed by atoms with van der Waals surface area (Å²) in [6.45, 7) is 10.9. The molecule has 2 amide bonds. The summed E-state index contributed by atoms with van der Waals surface area (Å²) in [7, 11) is 0. The fourth-order valence-electron chi connectivity index (χ4n) is 2.59. The first-order chi connectivity index (χ1) is 12.8. The Bertz CT molecular complexity index is 849. The van der Waals surface area contributed by atoms with Crippen molar-refractivity contribution in [2.75, 3.05) is 6.54 Å². The van der Waals surface area contributed by atoms with Crippen LogP contribution in [-0.4, -0.2) is 34.9 Å². The molecule has 0 bridgehead atoms. The number of carbonyl (C=O) groups is 2. The van der Waals surface area contributed by atoms with E-state index in [9.17, 15) is 9.59 Å². The highest BCUT2D eigenvalue weighted by Crippen LogP contribution is 2.27. The van der Waals surface area contributed by atoms with Gasteiger partial charge in [-0.15, -0.1) is 0 Å². The molecule has 1 atom stereocenters. The monoisotopic (exact) mass is 453 g/mol. The first kappa shape index (κ1) is 22.1. The van der Waals surface area contributed by atoms with Gasteiger partial charge in [-0.2, -0.15) is 0 Å². The Balaban J connectivity index is 2.23. The molecule has 0 aliphatic heterocycles. The van der Waals surface area contributed by atoms with Crippen molar-refractivity contribution >= 4 is 39.0 Å². The standard InChI is InChI=1S/C20H28BrN3O4/c1-19(2,3)27-17(25)23-11-16(24-18(26)28-20(4,5)6)14-10-22-15-8-7-12(21)9-13(14)15/h7-10,16,22H,11H2,1-6H3,(H,23,25)(H,24,26). The lowest BCUT2D eigenvalue weighted by molar-refractivity contribution is 0.0463. The van der Waals surface area contributed by atoms with Gasteiger partial charge in [-0.1, -0.05) is 15.9 Å². The molecule has 8 heteroatoms. The van der Waals surface area contributed by atoms with Gasteiger partial charge >= 0.3 is 12.2 Å². The number of fused-ring (bicyclic) bond motifs is 1. The molecule has 3 N–H and O–H groups in total. The van der Waals surface area contributed by atoms with Crippen molar-refractivity contribution in [3.63, 3.8) is 0 Å². The van der Waals surface area contributed by atoms with Crippen molar-refractivity contribution < 1.29 is 19.1 Å². The summed E-state index contributed by atoms with van der Waals surface area (Å²) >= 11 is 3.47. The van der Waals surface area contributed by atoms with E-state index in [-0.39, 0.29) is 6.54 Å². The molecule has 0 radical (unpaired) electrons. The molecule has 0 saturated carbocycles. The highest BCUT2D eigenvalue weighted by molar-refractivity contribution is 9.10. The number of hydrogen-bond acceptors (Lipinski definition) is 4. The van der Waals surface area contributed by atoms with Crippen molar-refractivity contribution in [1.82, 2.24) is 15.6 Å². The number of aromatic amines is 1. The van der Waals surface area contributed by atoms with Crippen LogP contribution in [0.15, 0.2) is 28.9 Å². The minimum atomic E-state index is -0.629. The van der Waals surface area contributed by atoms with Gasteiger partial charge in [0, 0.05) is 33.7 Å². The second-order valence-corrected chi connectivity index (χ2v) is 9.43. The number of aromatic nitrogens is 1. The minimum Gasteiger partial charge on any atom is -0.444 e. The van der Waals surface area contributed by atoms with E-state index < -0.39 is 29.4 Å². The highest BCUT2D eigenvalue weighted by atomic mass is 79.9. The van der Waals surface area contributed by atoms with E-state index in [0.29, 0.717) is 0 Å². The van der Waals surface area contributed by atoms with Crippen LogP contribution < -0.4 is 10.6 Å². The number of halogens is 1. The van der Waals surface area contributed by atoms with Crippen molar-refractivity contribution in [3.05, 3.63) is 34.4 Å². The molecule has 0 fully saturated rings. The summed E-state index contributed by atoms with van der Waals surface area (Å²) < 4.78 is 11.6. The Kier molecular flexibility index (Phi) is 6.64. The molecule has 0 spiro atoms. The second-order valence-electron chi connectivity index (χ2n) is 8.52. The number of rotatable bonds is 4. The maximum atomic E-state index is 12.3. The third kappa shape index (κ3) is 6.74. The Morgan fingerprint density at radius 2 is 1.68 bits per heavy atom. The Morgan fingerprint density at radius 3 is 2.29 bits per heavy atom. The number of ether oxygens (including phenoxy) is 2. The Morgan fingerprint density at radius 1 is 1.07 bits per heavy atom. The number of benzene rings is 1. The third-order valence-corrected chi connectivity index (χ3v) is 4.08. The predicted molar refractivity (Wildman–Crippen MR) is 112 cm³/mol. The highest BCUT2D eigenvalue weighted by Gasteiger charge is 2.24. The number of nitrogens with one attached hydrogen (secondary N) is 3. The molecule has 1 unspecified atom stereocenters. The summed E-state index contributed by atoms with van der Waals surface area (Å²) in [4.78, 5) is 27.6. The number of carbonyl (C=O) groups excluding carboxylic acids is 2. The van der Waals surface area contributed by atoms with E-state index in [1.165, 1.54) is 0 Å². The summed E-state index contributed by atoms with van der Waals surface area (Å²) in [5, 5.41) is 6.49. The smallest absolute Gasteiger partial charge is 0.408 e. The van der Waals surface area contributed by atoms with E-state index in [1.54, 1.807) is 41.5 Å². The zero-order chi connectivity index (χ0) is 21.1. The molecule has 154 valence electrons. The lowest BCUT2D eigenvalue weighted by atomic mass is 10.1. The van der Waals surface area contributed by atoms with Crippen LogP contribution in [0.1, 0.15) is 53.1 Å². The Hall–Kier alpha value is -2.22. The van der Waals surface area contributed by atoms with Crippen LogP contribution in [0, 0.1) is 0 Å². The molecule has 1 aromatic heterocycles. The second kappa shape index (κ2) is 8.43. The van der Waals surface area contributed by atoms with Crippen LogP contribution in [0.5, 0.6) is 0 Å². The van der Waals surface area contributed by atoms with Gasteiger partial charge in [0.2, 0.25) is 0 Å². The lowest BCUT2D eigenvalue weighted by Crippen LogP contribution is -2.41. The first-order valence-electron chi connectivity index (χ1n) is 9.07. The van der Waals surface area contributed by atoms with Gasteiger partial charge in [0.1, 0.15) is 11.2 Å². The third-order valence-electron chi connectivity index (χ3n) is 3.59. The van der Waals surface area contributed by atoms with Gasteiger partial charge in [0.25, 0.3) is 0 Å². The van der Waals surface area contributed by atoms with Gasteiger partial charge in [-0.3, -0.25) is 0 Å². The Labute approximate surface area is 173 Å². The quantitative estimate of drug-likeness (QED) is 0.605. The van der Waals surface area contributed by atoms with E-state index >= 15 is 0 Å². The summed E-state index contributed by atoms with van der Waals surface area (Å²) in [5.74, 6) is 0. The maximum Gasteiger partial charge on any atom is 0.408 e. The number of H-pyrrole nitrogens is 1. The van der Waals surface area contributed by atoms with Gasteiger partial charge in [-0.05, 0) is 59.7 Å². The van der Waals surface area contributed by atoms with E-state index in [0.717, 1.165) is 20.9 Å². The van der Waals surface area contributed by atoms with Crippen LogP contribution in [0.25, 0.3) is 10.9 Å². The van der Waals surface area contributed by atoms with Gasteiger partial charge in [0.05, 0.1) is 6.04 Å². The minimum absolute atomic E-state index is 0.146. The molecular formula is C20H28BrN3O4. The fourth-order valence-corrected chi connectivity index (χ4v) is 2.95. The normalized spacial score (nSPS) is 13.1. The van der Waals surface area contributed by atoms with Crippen LogP contribution in [-0.2, 0) is 9.47 Å². The number of alkyl carbamates (subject to hydrolysis) is 2. The predicted octanol–water partition coefficient (Wildman–Crippen LogP) is 5.02. The molecule has 0 aliphatic rings. The summed E-state index contributed by atoms with van der Waals surface area (Å²) in [6, 6.07) is 5.32. The average Bonchev–Trinajstić information content (AvgIpc) is 2.90. The summed E-state index contributed by atoms with van der Waals surface area (Å²) in [6.07, 6.45) is 0.702. The average molecular weight is 454 g/mol. The zero-order valence-corrected chi connectivity index (χ0v) is 18.7. The lowest BCUT2D eigenvalue weighted by Gasteiger charge is -2.25. The number of amides is 2. The van der Waals surface area contributed by atoms with E-state index in [2.05, 4.69) is 31.5 Å². The molecular weight excluding hydrogens is 426 g/mol. The molecule has 7 nitrogen and oxygen atoms in total. The van der Waals surface area contributed by atoms with Crippen LogP contribution >= 0.6 is 15.9 Å². The van der Waals surface area contributed by atoms with E-state index in [4.69, 9.17) is 9.47 Å². The fraction of sp³-hybridized carbons (Fsp3) is 0.500. The zero-order valence-electron chi connectivity index (χ0n) is 17.1. The van der Waals surface area contributed by atoms with Crippen molar-refractivity contribution in [2.45, 2.75) is 58.8 Å². The summed E-state index contributed by atoms with van der Waals surface area (Å²) in [5.41, 5.74) is 0.519. The molecule has 2 aromatic rings. The van der Waals surface area contributed by atoms with E-state index in [1.807, 2.05) is 24.4 Å². The van der Waals surface area contributed by atoms with Crippen LogP contribution in [0.3, 0.4) is 0 Å². The van der Waals surface area contributed by atoms with Gasteiger partial charge in [0.15, 0.2) is 0 Å². The molecule has 0 aliphatic carbocycles. The van der Waals surface area contributed by atoms with Gasteiger partial charge in [-0.25, -0.2) is 9.59 Å². The number of hydrogen-bond donors (Lipinski definition) is 3. The molecule has 1 aromatic carbocycles. The van der Waals surface area contributed by atoms with Crippen LogP contribution in [0.2, 0.25) is 0 Å². The van der Waals surface area contributed by atoms with Gasteiger partial charge < -0.3 is 25.1 Å². The molecule has 2 rings (SSSR count). The molecule has 0 saturated heterocycles. The van der Waals surface area contributed by atoms with Crippen molar-refractivity contribution in [2.24, 2.45) is 0 Å². The first-order valence-corrected chi connectivity index (χ1v) is 9.86. The topological polar surface area (TPSA) is 92.5 Å². The maximum absolute atomic E-state index is 12.3. The van der Waals surface area contributed by atoms with Crippen LogP contribution in [0.4, 0.5) is 9.59 Å². The van der Waals surface area contributed by atoms with Crippen molar-refractivity contribution in [1.29, 1.82) is 0 Å². The van der Waals surface area contributed by atoms with Crippen molar-refractivity contribution in [3.8, 4) is 0 Å². The largest absolute Gasteiger partial charge is 0.444 e. The molecule has 28 heavy (non-hydrogen) atoms.